The average molecular weight is 184 g/mol. The first-order valence-electron chi connectivity index (χ1n) is 5.06. The van der Waals surface area contributed by atoms with Crippen molar-refractivity contribution in [2.24, 2.45) is 5.92 Å². The lowest BCUT2D eigenvalue weighted by Gasteiger charge is -2.09. The van der Waals surface area contributed by atoms with Gasteiger partial charge in [-0.25, -0.2) is 4.79 Å². The molecule has 0 aromatic carbocycles. The summed E-state index contributed by atoms with van der Waals surface area (Å²) in [6.45, 7) is 6.09. The minimum atomic E-state index is -0.759. The Kier molecular flexibility index (Phi) is 6.29. The highest BCUT2D eigenvalue weighted by Crippen LogP contribution is 2.15. The van der Waals surface area contributed by atoms with Crippen LogP contribution in [-0.2, 0) is 4.79 Å². The summed E-state index contributed by atoms with van der Waals surface area (Å²) in [5.41, 5.74) is 0.580. The molecule has 76 valence electrons. The van der Waals surface area contributed by atoms with Gasteiger partial charge >= 0.3 is 5.97 Å². The Morgan fingerprint density at radius 1 is 1.46 bits per heavy atom. The van der Waals surface area contributed by atoms with Crippen molar-refractivity contribution >= 4 is 5.97 Å². The molecule has 0 saturated heterocycles. The number of hydrogen-bond donors (Lipinski definition) is 1. The molecule has 0 aliphatic rings. The molecule has 0 rings (SSSR count). The van der Waals surface area contributed by atoms with Gasteiger partial charge in [0.25, 0.3) is 0 Å². The summed E-state index contributed by atoms with van der Waals surface area (Å²) < 4.78 is 0. The van der Waals surface area contributed by atoms with Crippen LogP contribution in [-0.4, -0.2) is 11.1 Å². The van der Waals surface area contributed by atoms with E-state index < -0.39 is 5.97 Å². The second-order valence-electron chi connectivity index (χ2n) is 3.42. The minimum absolute atomic E-state index is 0.175. The Bertz CT molecular complexity index is 183. The van der Waals surface area contributed by atoms with E-state index in [0.717, 1.165) is 25.7 Å². The molecule has 0 aliphatic heterocycles. The maximum atomic E-state index is 10.8. The molecule has 13 heavy (non-hydrogen) atoms. The molecule has 1 atom stereocenters. The Balaban J connectivity index is 4.23. The van der Waals surface area contributed by atoms with E-state index in [1.54, 1.807) is 0 Å². The Morgan fingerprint density at radius 3 is 2.46 bits per heavy atom. The summed E-state index contributed by atoms with van der Waals surface area (Å²) in [5.74, 6) is -0.584. The zero-order valence-electron chi connectivity index (χ0n) is 8.84. The van der Waals surface area contributed by atoms with Crippen molar-refractivity contribution in [3.8, 4) is 0 Å². The number of rotatable bonds is 6. The second kappa shape index (κ2) is 6.70. The fourth-order valence-electron chi connectivity index (χ4n) is 1.18. The lowest BCUT2D eigenvalue weighted by atomic mass is 9.97. The first kappa shape index (κ1) is 12.2. The maximum absolute atomic E-state index is 10.8. The molecule has 0 aromatic heterocycles. The Hall–Kier alpha value is -0.790. The molecular weight excluding hydrogens is 164 g/mol. The van der Waals surface area contributed by atoms with Crippen LogP contribution >= 0.6 is 0 Å². The Morgan fingerprint density at radius 2 is 2.08 bits per heavy atom. The average Bonchev–Trinajstić information content (AvgIpc) is 2.11. The summed E-state index contributed by atoms with van der Waals surface area (Å²) >= 11 is 0. The van der Waals surface area contributed by atoms with Crippen molar-refractivity contribution in [3.63, 3.8) is 0 Å². The predicted molar refractivity (Wildman–Crippen MR) is 54.7 cm³/mol. The van der Waals surface area contributed by atoms with Crippen LogP contribution < -0.4 is 0 Å². The third-order valence-corrected chi connectivity index (χ3v) is 2.31. The Labute approximate surface area is 80.7 Å². The van der Waals surface area contributed by atoms with Crippen LogP contribution in [0.1, 0.15) is 46.5 Å². The van der Waals surface area contributed by atoms with Crippen LogP contribution in [0.2, 0.25) is 0 Å². The van der Waals surface area contributed by atoms with Gasteiger partial charge in [-0.15, -0.1) is 0 Å². The third-order valence-electron chi connectivity index (χ3n) is 2.31. The van der Waals surface area contributed by atoms with E-state index in [9.17, 15) is 4.79 Å². The lowest BCUT2D eigenvalue weighted by Crippen LogP contribution is -2.09. The SMILES string of the molecule is CCCCC=C(C(=O)O)C(C)CC. The monoisotopic (exact) mass is 184 g/mol. The van der Waals surface area contributed by atoms with E-state index >= 15 is 0 Å². The fourth-order valence-corrected chi connectivity index (χ4v) is 1.18. The van der Waals surface area contributed by atoms with Gasteiger partial charge in [-0.3, -0.25) is 0 Å². The van der Waals surface area contributed by atoms with Gasteiger partial charge in [-0.2, -0.15) is 0 Å². The van der Waals surface area contributed by atoms with Crippen molar-refractivity contribution in [1.29, 1.82) is 0 Å². The zero-order valence-corrected chi connectivity index (χ0v) is 8.84. The van der Waals surface area contributed by atoms with Crippen LogP contribution in [0.3, 0.4) is 0 Å². The van der Waals surface area contributed by atoms with Crippen molar-refractivity contribution < 1.29 is 9.90 Å². The van der Waals surface area contributed by atoms with Gasteiger partial charge in [-0.1, -0.05) is 39.7 Å². The molecule has 0 bridgehead atoms. The molecule has 2 heteroatoms. The molecule has 0 aliphatic carbocycles. The number of carboxylic acids is 1. The van der Waals surface area contributed by atoms with E-state index in [1.165, 1.54) is 0 Å². The topological polar surface area (TPSA) is 37.3 Å². The number of hydrogen-bond acceptors (Lipinski definition) is 1. The highest BCUT2D eigenvalue weighted by atomic mass is 16.4. The van der Waals surface area contributed by atoms with E-state index in [2.05, 4.69) is 6.92 Å². The molecule has 0 aromatic rings. The molecule has 1 N–H and O–H groups in total. The maximum Gasteiger partial charge on any atom is 0.331 e. The third kappa shape index (κ3) is 4.71. The van der Waals surface area contributed by atoms with Crippen LogP contribution in [0.25, 0.3) is 0 Å². The summed E-state index contributed by atoms with van der Waals surface area (Å²) in [5, 5.41) is 8.91. The molecule has 0 heterocycles. The van der Waals surface area contributed by atoms with Gasteiger partial charge in [0, 0.05) is 5.57 Å². The summed E-state index contributed by atoms with van der Waals surface area (Å²) in [6.07, 6.45) is 5.85. The quantitative estimate of drug-likeness (QED) is 0.508. The van der Waals surface area contributed by atoms with Crippen molar-refractivity contribution in [2.75, 3.05) is 0 Å². The van der Waals surface area contributed by atoms with E-state index in [-0.39, 0.29) is 5.92 Å². The highest BCUT2D eigenvalue weighted by Gasteiger charge is 2.13. The number of allylic oxidation sites excluding steroid dienone is 1. The fraction of sp³-hybridized carbons (Fsp3) is 0.727. The van der Waals surface area contributed by atoms with E-state index in [4.69, 9.17) is 5.11 Å². The number of carboxylic acid groups (broad SMARTS) is 1. The van der Waals surface area contributed by atoms with Gasteiger partial charge < -0.3 is 5.11 Å². The highest BCUT2D eigenvalue weighted by molar-refractivity contribution is 5.87. The van der Waals surface area contributed by atoms with E-state index in [1.807, 2.05) is 19.9 Å². The van der Waals surface area contributed by atoms with Gasteiger partial charge in [0.05, 0.1) is 0 Å². The summed E-state index contributed by atoms with van der Waals surface area (Å²) in [4.78, 5) is 10.8. The van der Waals surface area contributed by atoms with Gasteiger partial charge in [0.2, 0.25) is 0 Å². The molecule has 0 spiro atoms. The van der Waals surface area contributed by atoms with Crippen LogP contribution in [0.15, 0.2) is 11.6 Å². The van der Waals surface area contributed by atoms with Crippen LogP contribution in [0.4, 0.5) is 0 Å². The van der Waals surface area contributed by atoms with E-state index in [0.29, 0.717) is 5.57 Å². The molecule has 0 saturated carbocycles. The number of aliphatic carboxylic acids is 1. The van der Waals surface area contributed by atoms with Gasteiger partial charge in [0.1, 0.15) is 0 Å². The molecule has 0 radical (unpaired) electrons. The number of unbranched alkanes of at least 4 members (excludes halogenated alkanes) is 2. The molecule has 1 unspecified atom stereocenters. The second-order valence-corrected chi connectivity index (χ2v) is 3.42. The van der Waals surface area contributed by atoms with Crippen molar-refractivity contribution in [1.82, 2.24) is 0 Å². The first-order chi connectivity index (χ1) is 6.13. The summed E-state index contributed by atoms with van der Waals surface area (Å²) in [6, 6.07) is 0. The molecular formula is C11H20O2. The zero-order chi connectivity index (χ0) is 10.3. The van der Waals surface area contributed by atoms with Crippen LogP contribution in [0.5, 0.6) is 0 Å². The first-order valence-corrected chi connectivity index (χ1v) is 5.06. The summed E-state index contributed by atoms with van der Waals surface area (Å²) in [7, 11) is 0. The van der Waals surface area contributed by atoms with Gasteiger partial charge in [0.15, 0.2) is 0 Å². The molecule has 2 nitrogen and oxygen atoms in total. The lowest BCUT2D eigenvalue weighted by molar-refractivity contribution is -0.133. The smallest absolute Gasteiger partial charge is 0.331 e. The normalized spacial score (nSPS) is 14.2. The standard InChI is InChI=1S/C11H20O2/c1-4-6-7-8-10(11(12)13)9(3)5-2/h8-9H,4-7H2,1-3H3,(H,12,13). The van der Waals surface area contributed by atoms with Crippen LogP contribution in [0, 0.1) is 5.92 Å². The van der Waals surface area contributed by atoms with Crippen molar-refractivity contribution in [3.05, 3.63) is 11.6 Å². The largest absolute Gasteiger partial charge is 0.478 e. The molecule has 0 amide bonds. The predicted octanol–water partition coefficient (Wildman–Crippen LogP) is 3.23. The van der Waals surface area contributed by atoms with Crippen molar-refractivity contribution in [2.45, 2.75) is 46.5 Å². The minimum Gasteiger partial charge on any atom is -0.478 e. The number of carbonyl (C=O) groups is 1. The van der Waals surface area contributed by atoms with Gasteiger partial charge in [-0.05, 0) is 18.8 Å². The molecule has 0 fully saturated rings.